The van der Waals surface area contributed by atoms with Crippen LogP contribution < -0.4 is 11.1 Å². The minimum atomic E-state index is 0.310. The van der Waals surface area contributed by atoms with Gasteiger partial charge in [-0.25, -0.2) is 9.97 Å². The Labute approximate surface area is 101 Å². The van der Waals surface area contributed by atoms with Crippen LogP contribution >= 0.6 is 11.8 Å². The minimum absolute atomic E-state index is 0.310. The molecule has 1 heterocycles. The Morgan fingerprint density at radius 2 is 2.31 bits per heavy atom. The van der Waals surface area contributed by atoms with Crippen molar-refractivity contribution >= 4 is 17.6 Å². The summed E-state index contributed by atoms with van der Waals surface area (Å²) in [5, 5.41) is 4.32. The Morgan fingerprint density at radius 1 is 1.50 bits per heavy atom. The second-order valence-corrected chi connectivity index (χ2v) is 4.49. The Bertz CT molecular complexity index is 306. The summed E-state index contributed by atoms with van der Waals surface area (Å²) in [7, 11) is 0. The van der Waals surface area contributed by atoms with Crippen molar-refractivity contribution in [2.24, 2.45) is 5.73 Å². The highest BCUT2D eigenvalue weighted by Crippen LogP contribution is 2.15. The van der Waals surface area contributed by atoms with Crippen molar-refractivity contribution in [2.75, 3.05) is 18.1 Å². The van der Waals surface area contributed by atoms with E-state index in [2.05, 4.69) is 22.2 Å². The molecule has 1 unspecified atom stereocenters. The predicted octanol–water partition coefficient (Wildman–Crippen LogP) is 2.13. The second-order valence-electron chi connectivity index (χ2n) is 3.66. The van der Waals surface area contributed by atoms with Crippen molar-refractivity contribution in [1.29, 1.82) is 0 Å². The number of thioether (sulfide) groups is 1. The van der Waals surface area contributed by atoms with Crippen molar-refractivity contribution in [3.8, 4) is 0 Å². The lowest BCUT2D eigenvalue weighted by Gasteiger charge is -2.17. The van der Waals surface area contributed by atoms with Crippen LogP contribution in [0, 0.1) is 0 Å². The average Bonchev–Trinajstić information content (AvgIpc) is 2.34. The van der Waals surface area contributed by atoms with Gasteiger partial charge in [-0.1, -0.05) is 19.8 Å². The summed E-state index contributed by atoms with van der Waals surface area (Å²) >= 11 is 1.61. The van der Waals surface area contributed by atoms with E-state index >= 15 is 0 Å². The van der Waals surface area contributed by atoms with Gasteiger partial charge in [0.05, 0.1) is 0 Å². The summed E-state index contributed by atoms with van der Waals surface area (Å²) < 4.78 is 0. The fourth-order valence-electron chi connectivity index (χ4n) is 1.44. The molecule has 0 aliphatic carbocycles. The largest absolute Gasteiger partial charge is 0.366 e. The lowest BCUT2D eigenvalue weighted by atomic mass is 10.1. The second kappa shape index (κ2) is 7.46. The van der Waals surface area contributed by atoms with E-state index in [1.165, 1.54) is 12.8 Å². The van der Waals surface area contributed by atoms with E-state index in [0.29, 0.717) is 12.6 Å². The third-order valence-electron chi connectivity index (χ3n) is 2.39. The summed E-state index contributed by atoms with van der Waals surface area (Å²) in [6.07, 6.45) is 7.06. The van der Waals surface area contributed by atoms with E-state index in [4.69, 9.17) is 5.73 Å². The van der Waals surface area contributed by atoms with Crippen LogP contribution in [0.1, 0.15) is 26.2 Å². The maximum atomic E-state index is 5.72. The van der Waals surface area contributed by atoms with E-state index in [-0.39, 0.29) is 0 Å². The van der Waals surface area contributed by atoms with Crippen LogP contribution in [0.25, 0.3) is 0 Å². The number of hydrogen-bond acceptors (Lipinski definition) is 5. The Kier molecular flexibility index (Phi) is 6.18. The zero-order valence-corrected chi connectivity index (χ0v) is 10.8. The van der Waals surface area contributed by atoms with Gasteiger partial charge in [0.15, 0.2) is 0 Å². The van der Waals surface area contributed by atoms with Crippen molar-refractivity contribution in [3.63, 3.8) is 0 Å². The van der Waals surface area contributed by atoms with Crippen LogP contribution in [0.3, 0.4) is 0 Å². The number of aromatic nitrogens is 2. The standard InChI is InChI=1S/C11H20N4S/c1-3-4-5-9(7-12)15-10-6-11(16-2)14-8-13-10/h6,8-9H,3-5,7,12H2,1-2H3,(H,13,14,15). The fraction of sp³-hybridized carbons (Fsp3) is 0.636. The monoisotopic (exact) mass is 240 g/mol. The highest BCUT2D eigenvalue weighted by atomic mass is 32.2. The van der Waals surface area contributed by atoms with Crippen LogP contribution in [-0.4, -0.2) is 28.8 Å². The molecule has 0 fully saturated rings. The SMILES string of the molecule is CCCCC(CN)Nc1cc(SC)ncn1. The molecule has 3 N–H and O–H groups in total. The molecular weight excluding hydrogens is 220 g/mol. The summed E-state index contributed by atoms with van der Waals surface area (Å²) in [5.41, 5.74) is 5.72. The van der Waals surface area contributed by atoms with Crippen molar-refractivity contribution in [1.82, 2.24) is 9.97 Å². The number of nitrogens with two attached hydrogens (primary N) is 1. The molecule has 90 valence electrons. The van der Waals surface area contributed by atoms with Crippen LogP contribution in [0.5, 0.6) is 0 Å². The normalized spacial score (nSPS) is 12.4. The number of rotatable bonds is 7. The molecule has 1 aromatic heterocycles. The molecule has 0 aliphatic rings. The van der Waals surface area contributed by atoms with Crippen LogP contribution in [0.4, 0.5) is 5.82 Å². The van der Waals surface area contributed by atoms with E-state index in [0.717, 1.165) is 17.3 Å². The molecule has 4 nitrogen and oxygen atoms in total. The molecule has 0 radical (unpaired) electrons. The van der Waals surface area contributed by atoms with Gasteiger partial charge in [0, 0.05) is 18.7 Å². The summed E-state index contributed by atoms with van der Waals surface area (Å²) in [5.74, 6) is 0.867. The molecule has 0 spiro atoms. The number of nitrogens with zero attached hydrogens (tertiary/aromatic N) is 2. The highest BCUT2D eigenvalue weighted by molar-refractivity contribution is 7.98. The van der Waals surface area contributed by atoms with Gasteiger partial charge in [-0.15, -0.1) is 11.8 Å². The van der Waals surface area contributed by atoms with Gasteiger partial charge in [-0.2, -0.15) is 0 Å². The number of anilines is 1. The molecule has 0 aliphatic heterocycles. The van der Waals surface area contributed by atoms with E-state index < -0.39 is 0 Å². The Hall–Kier alpha value is -0.810. The van der Waals surface area contributed by atoms with Crippen LogP contribution in [0.15, 0.2) is 17.4 Å². The summed E-state index contributed by atoms with van der Waals surface area (Å²) in [6, 6.07) is 2.27. The molecule has 0 aromatic carbocycles. The molecule has 5 heteroatoms. The zero-order valence-electron chi connectivity index (χ0n) is 9.94. The molecule has 1 atom stereocenters. The quantitative estimate of drug-likeness (QED) is 0.564. The fourth-order valence-corrected chi connectivity index (χ4v) is 1.82. The highest BCUT2D eigenvalue weighted by Gasteiger charge is 2.06. The lowest BCUT2D eigenvalue weighted by Crippen LogP contribution is -2.29. The molecule has 16 heavy (non-hydrogen) atoms. The molecule has 0 saturated heterocycles. The van der Waals surface area contributed by atoms with Crippen molar-refractivity contribution in [3.05, 3.63) is 12.4 Å². The first kappa shape index (κ1) is 13.3. The van der Waals surface area contributed by atoms with Crippen LogP contribution in [-0.2, 0) is 0 Å². The molecular formula is C11H20N4S. The first-order valence-corrected chi connectivity index (χ1v) is 6.85. The Morgan fingerprint density at radius 3 is 2.94 bits per heavy atom. The lowest BCUT2D eigenvalue weighted by molar-refractivity contribution is 0.612. The van der Waals surface area contributed by atoms with Gasteiger partial charge in [-0.05, 0) is 12.7 Å². The third kappa shape index (κ3) is 4.37. The predicted molar refractivity (Wildman–Crippen MR) is 69.8 cm³/mol. The van der Waals surface area contributed by atoms with Crippen LogP contribution in [0.2, 0.25) is 0 Å². The number of unbranched alkanes of at least 4 members (excludes halogenated alkanes) is 1. The van der Waals surface area contributed by atoms with E-state index in [1.807, 2.05) is 12.3 Å². The summed E-state index contributed by atoms with van der Waals surface area (Å²) in [4.78, 5) is 8.33. The number of nitrogens with one attached hydrogen (secondary N) is 1. The van der Waals surface area contributed by atoms with Crippen molar-refractivity contribution < 1.29 is 0 Å². The zero-order chi connectivity index (χ0) is 11.8. The summed E-state index contributed by atoms with van der Waals surface area (Å²) in [6.45, 7) is 2.82. The molecule has 0 saturated carbocycles. The first-order chi connectivity index (χ1) is 7.80. The van der Waals surface area contributed by atoms with Gasteiger partial charge in [0.25, 0.3) is 0 Å². The molecule has 1 aromatic rings. The first-order valence-electron chi connectivity index (χ1n) is 5.62. The molecule has 1 rings (SSSR count). The van der Waals surface area contributed by atoms with Gasteiger partial charge in [0.2, 0.25) is 0 Å². The van der Waals surface area contributed by atoms with Gasteiger partial charge >= 0.3 is 0 Å². The topological polar surface area (TPSA) is 63.8 Å². The van der Waals surface area contributed by atoms with Gasteiger partial charge < -0.3 is 11.1 Å². The maximum Gasteiger partial charge on any atom is 0.130 e. The van der Waals surface area contributed by atoms with Gasteiger partial charge in [-0.3, -0.25) is 0 Å². The van der Waals surface area contributed by atoms with Crippen molar-refractivity contribution in [2.45, 2.75) is 37.3 Å². The third-order valence-corrected chi connectivity index (χ3v) is 3.04. The number of hydrogen-bond donors (Lipinski definition) is 2. The maximum absolute atomic E-state index is 5.72. The molecule has 0 bridgehead atoms. The smallest absolute Gasteiger partial charge is 0.130 e. The molecule has 0 amide bonds. The van der Waals surface area contributed by atoms with Gasteiger partial charge in [0.1, 0.15) is 17.2 Å². The Balaban J connectivity index is 2.55. The van der Waals surface area contributed by atoms with E-state index in [9.17, 15) is 0 Å². The minimum Gasteiger partial charge on any atom is -0.366 e. The van der Waals surface area contributed by atoms with E-state index in [1.54, 1.807) is 18.1 Å². The average molecular weight is 240 g/mol.